The molecule has 4 heavy (non-hydrogen) atoms. The molecule has 1 unspecified atom stereocenters. The van der Waals surface area contributed by atoms with Gasteiger partial charge in [-0.15, -0.1) is 9.24 Å². The summed E-state index contributed by atoms with van der Waals surface area (Å²) in [6.45, 7) is 0.977. The van der Waals surface area contributed by atoms with Crippen LogP contribution >= 0.6 is 21.7 Å². The molecule has 0 aromatic heterocycles. The lowest BCUT2D eigenvalue weighted by molar-refractivity contribution is 2.24. The first-order valence-electron chi connectivity index (χ1n) is 1.22. The van der Waals surface area contributed by atoms with Gasteiger partial charge in [0, 0.05) is 0 Å². The Hall–Kier alpha value is 0.845. The predicted octanol–water partition coefficient (Wildman–Crippen LogP) is 0.100. The van der Waals surface area contributed by atoms with Gasteiger partial charge in [0.2, 0.25) is 0 Å². The SMILES string of the molecule is PCBS. The molecule has 0 spiro atoms. The minimum atomic E-state index is 0.977. The lowest BCUT2D eigenvalue weighted by Gasteiger charge is -1.63. The standard InChI is InChI=1S/CH6BPS/c3-1-2-4/h2,4H,1,3H2. The Morgan fingerprint density at radius 2 is 2.25 bits per heavy atom. The molecule has 0 bridgehead atoms. The van der Waals surface area contributed by atoms with Crippen LogP contribution in [-0.4, -0.2) is 12.6 Å². The highest BCUT2D eigenvalue weighted by Crippen LogP contribution is 1.75. The van der Waals surface area contributed by atoms with Crippen molar-refractivity contribution in [1.82, 2.24) is 0 Å². The maximum atomic E-state index is 3.90. The van der Waals surface area contributed by atoms with E-state index in [-0.39, 0.29) is 0 Å². The van der Waals surface area contributed by atoms with Crippen LogP contribution in [0.1, 0.15) is 0 Å². The van der Waals surface area contributed by atoms with Crippen molar-refractivity contribution in [3.05, 3.63) is 0 Å². The maximum Gasteiger partial charge on any atom is 0.191 e. The molecule has 1 atom stereocenters. The average Bonchev–Trinajstić information content (AvgIpc) is 1.37. The molecule has 0 aromatic rings. The Balaban J connectivity index is 1.97. The summed E-state index contributed by atoms with van der Waals surface area (Å²) in [7, 11) is 2.58. The highest BCUT2D eigenvalue weighted by Gasteiger charge is 1.63. The molecule has 0 heterocycles. The van der Waals surface area contributed by atoms with Crippen molar-refractivity contribution in [2.45, 2.75) is 0 Å². The van der Waals surface area contributed by atoms with E-state index in [1.54, 1.807) is 0 Å². The van der Waals surface area contributed by atoms with E-state index in [2.05, 4.69) is 21.7 Å². The quantitative estimate of drug-likeness (QED) is 0.264. The Morgan fingerprint density at radius 3 is 2.25 bits per heavy atom. The molecule has 0 rings (SSSR count). The summed E-state index contributed by atoms with van der Waals surface area (Å²) < 4.78 is 0. The van der Waals surface area contributed by atoms with E-state index in [1.807, 2.05) is 0 Å². The smallest absolute Gasteiger partial charge is 0.191 e. The summed E-state index contributed by atoms with van der Waals surface area (Å²) in [6, 6.07) is 1.10. The number of thiol groups is 1. The summed E-state index contributed by atoms with van der Waals surface area (Å²) in [4.78, 5) is 0. The molecule has 0 N–H and O–H groups in total. The Morgan fingerprint density at radius 1 is 2.00 bits per heavy atom. The van der Waals surface area contributed by atoms with Gasteiger partial charge in [0.25, 0.3) is 0 Å². The Bertz CT molecular complexity index is 10.0. The van der Waals surface area contributed by atoms with Crippen LogP contribution in [0.25, 0.3) is 0 Å². The van der Waals surface area contributed by atoms with E-state index in [4.69, 9.17) is 0 Å². The summed E-state index contributed by atoms with van der Waals surface area (Å²) in [6.07, 6.45) is 0. The highest BCUT2D eigenvalue weighted by molar-refractivity contribution is 8.07. The fourth-order valence-electron chi connectivity index (χ4n) is 0. The highest BCUT2D eigenvalue weighted by atomic mass is 32.1. The predicted molar refractivity (Wildman–Crippen MR) is 30.7 cm³/mol. The summed E-state index contributed by atoms with van der Waals surface area (Å²) in [5.41, 5.74) is 0. The second-order valence-electron chi connectivity index (χ2n) is 0.512. The third-order valence-corrected chi connectivity index (χ3v) is 1.16. The van der Waals surface area contributed by atoms with Gasteiger partial charge in [0.05, 0.1) is 0 Å². The zero-order valence-electron chi connectivity index (χ0n) is 2.44. The minimum Gasteiger partial charge on any atom is -0.231 e. The van der Waals surface area contributed by atoms with Crippen molar-refractivity contribution < 1.29 is 0 Å². The molecule has 3 heteroatoms. The molecule has 0 saturated heterocycles. The molecule has 24 valence electrons. The first-order valence-corrected chi connectivity index (χ1v) is 2.67. The molecular formula is CH6BPS. The van der Waals surface area contributed by atoms with E-state index < -0.39 is 0 Å². The fraction of sp³-hybridized carbons (Fsp3) is 1.00. The van der Waals surface area contributed by atoms with Gasteiger partial charge in [-0.05, 0) is 0 Å². The second-order valence-corrected chi connectivity index (χ2v) is 1.54. The van der Waals surface area contributed by atoms with Crippen LogP contribution in [0.3, 0.4) is 0 Å². The van der Waals surface area contributed by atoms with Crippen LogP contribution < -0.4 is 0 Å². The summed E-state index contributed by atoms with van der Waals surface area (Å²) in [5.74, 6) is 0. The third kappa shape index (κ3) is 2.84. The Kier molecular flexibility index (Phi) is 4.66. The zero-order valence-corrected chi connectivity index (χ0v) is 4.49. The van der Waals surface area contributed by atoms with E-state index in [9.17, 15) is 0 Å². The van der Waals surface area contributed by atoms with Crippen LogP contribution in [0.5, 0.6) is 0 Å². The molecule has 0 amide bonds. The van der Waals surface area contributed by atoms with Crippen molar-refractivity contribution >= 4 is 28.3 Å². The van der Waals surface area contributed by atoms with E-state index in [0.29, 0.717) is 0 Å². The van der Waals surface area contributed by atoms with Crippen molar-refractivity contribution in [3.8, 4) is 0 Å². The molecule has 0 nitrogen and oxygen atoms in total. The lowest BCUT2D eigenvalue weighted by atomic mass is 10.2. The first kappa shape index (κ1) is 4.84. The van der Waals surface area contributed by atoms with Gasteiger partial charge >= 0.3 is 0 Å². The van der Waals surface area contributed by atoms with Crippen LogP contribution in [0.15, 0.2) is 0 Å². The van der Waals surface area contributed by atoms with Gasteiger partial charge < -0.3 is 0 Å². The third-order valence-electron chi connectivity index (χ3n) is 0.129. The van der Waals surface area contributed by atoms with Gasteiger partial charge in [-0.2, -0.15) is 0 Å². The van der Waals surface area contributed by atoms with Crippen molar-refractivity contribution in [1.29, 1.82) is 0 Å². The number of hydrogen-bond donors (Lipinski definition) is 1. The van der Waals surface area contributed by atoms with E-state index in [0.717, 1.165) is 12.6 Å². The lowest BCUT2D eigenvalue weighted by Crippen LogP contribution is -1.70. The molecule has 0 fully saturated rings. The van der Waals surface area contributed by atoms with Gasteiger partial charge in [0.1, 0.15) is 0 Å². The molecule has 0 saturated carbocycles. The van der Waals surface area contributed by atoms with Gasteiger partial charge in [-0.1, -0.05) is 6.06 Å². The molecular weight excluding hydrogens is 85.9 g/mol. The van der Waals surface area contributed by atoms with Gasteiger partial charge in [-0.3, -0.25) is 0 Å². The number of hydrogen-bond acceptors (Lipinski definition) is 1. The Labute approximate surface area is 35.1 Å². The largest absolute Gasteiger partial charge is 0.231 e. The van der Waals surface area contributed by atoms with Gasteiger partial charge in [-0.25, -0.2) is 12.5 Å². The van der Waals surface area contributed by atoms with Crippen LogP contribution in [0.4, 0.5) is 0 Å². The summed E-state index contributed by atoms with van der Waals surface area (Å²) >= 11 is 3.90. The van der Waals surface area contributed by atoms with Crippen LogP contribution in [0.2, 0.25) is 0 Å². The zero-order chi connectivity index (χ0) is 3.41. The van der Waals surface area contributed by atoms with Gasteiger partial charge in [0.15, 0.2) is 6.56 Å². The average molecular weight is 91.9 g/mol. The second kappa shape index (κ2) is 3.84. The van der Waals surface area contributed by atoms with Crippen molar-refractivity contribution in [2.75, 3.05) is 6.06 Å². The van der Waals surface area contributed by atoms with Crippen LogP contribution in [0, 0.1) is 0 Å². The van der Waals surface area contributed by atoms with Crippen LogP contribution in [-0.2, 0) is 0 Å². The number of rotatable bonds is 1. The monoisotopic (exact) mass is 92.0 g/mol. The molecule has 0 aromatic carbocycles. The summed E-state index contributed by atoms with van der Waals surface area (Å²) in [5, 5.41) is 0. The van der Waals surface area contributed by atoms with E-state index in [1.165, 1.54) is 0 Å². The normalized spacial score (nSPS) is 6.50. The molecule has 0 radical (unpaired) electrons. The minimum absolute atomic E-state index is 0.977. The first-order chi connectivity index (χ1) is 1.91. The fourth-order valence-corrected chi connectivity index (χ4v) is 0. The molecule has 0 aliphatic carbocycles. The van der Waals surface area contributed by atoms with Crippen molar-refractivity contribution in [2.24, 2.45) is 0 Å². The molecule has 0 aliphatic heterocycles. The van der Waals surface area contributed by atoms with E-state index >= 15 is 0 Å². The molecule has 0 aliphatic rings. The topological polar surface area (TPSA) is 0 Å². The maximum absolute atomic E-state index is 3.90. The van der Waals surface area contributed by atoms with Crippen molar-refractivity contribution in [3.63, 3.8) is 0 Å².